The van der Waals surface area contributed by atoms with Crippen molar-refractivity contribution < 1.29 is 23.8 Å². The fourth-order valence-corrected chi connectivity index (χ4v) is 1.42. The molecule has 0 radical (unpaired) electrons. The Morgan fingerprint density at radius 3 is 2.62 bits per heavy atom. The molecular formula is C10H9ClF2O3. The van der Waals surface area contributed by atoms with E-state index in [0.717, 1.165) is 0 Å². The highest BCUT2D eigenvalue weighted by Crippen LogP contribution is 2.31. The Morgan fingerprint density at radius 1 is 1.56 bits per heavy atom. The number of phenols is 1. The normalized spacial score (nSPS) is 12.5. The van der Waals surface area contributed by atoms with E-state index in [2.05, 4.69) is 0 Å². The zero-order valence-electron chi connectivity index (χ0n) is 8.30. The molecule has 1 aromatic rings. The largest absolute Gasteiger partial charge is 0.505 e. The van der Waals surface area contributed by atoms with E-state index >= 15 is 0 Å². The molecule has 0 amide bonds. The van der Waals surface area contributed by atoms with Crippen LogP contribution < -0.4 is 0 Å². The van der Waals surface area contributed by atoms with Gasteiger partial charge in [0.05, 0.1) is 10.9 Å². The van der Waals surface area contributed by atoms with Gasteiger partial charge in [-0.25, -0.2) is 8.78 Å². The van der Waals surface area contributed by atoms with Gasteiger partial charge in [-0.15, -0.1) is 0 Å². The lowest BCUT2D eigenvalue weighted by molar-refractivity contribution is -0.141. The lowest BCUT2D eigenvalue weighted by Gasteiger charge is -2.10. The Bertz CT molecular complexity index is 408. The second-order valence-electron chi connectivity index (χ2n) is 3.42. The maximum absolute atomic E-state index is 13.4. The summed E-state index contributed by atoms with van der Waals surface area (Å²) in [5.41, 5.74) is -0.417. The molecule has 1 unspecified atom stereocenters. The minimum atomic E-state index is -1.17. The summed E-state index contributed by atoms with van der Waals surface area (Å²) in [5, 5.41) is 17.4. The number of carboxylic acids is 1. The van der Waals surface area contributed by atoms with Crippen LogP contribution in [0.15, 0.2) is 6.07 Å². The van der Waals surface area contributed by atoms with Crippen molar-refractivity contribution in [1.29, 1.82) is 0 Å². The van der Waals surface area contributed by atoms with Crippen molar-refractivity contribution in [1.82, 2.24) is 0 Å². The summed E-state index contributed by atoms with van der Waals surface area (Å²) in [4.78, 5) is 10.6. The smallest absolute Gasteiger partial charge is 0.306 e. The molecule has 0 saturated heterocycles. The first-order chi connectivity index (χ1) is 7.34. The molecule has 1 aromatic carbocycles. The second kappa shape index (κ2) is 4.65. The van der Waals surface area contributed by atoms with Gasteiger partial charge in [0.25, 0.3) is 0 Å². The van der Waals surface area contributed by atoms with Crippen LogP contribution in [0.25, 0.3) is 0 Å². The second-order valence-corrected chi connectivity index (χ2v) is 3.83. The number of benzene rings is 1. The lowest BCUT2D eigenvalue weighted by Crippen LogP contribution is -2.13. The van der Waals surface area contributed by atoms with Crippen LogP contribution in [0.3, 0.4) is 0 Å². The van der Waals surface area contributed by atoms with Crippen LogP contribution in [0.1, 0.15) is 12.5 Å². The zero-order valence-corrected chi connectivity index (χ0v) is 9.05. The Labute approximate surface area is 95.3 Å². The van der Waals surface area contributed by atoms with E-state index < -0.39 is 39.9 Å². The fraction of sp³-hybridized carbons (Fsp3) is 0.300. The summed E-state index contributed by atoms with van der Waals surface area (Å²) in [6.45, 7) is 1.32. The molecular weight excluding hydrogens is 242 g/mol. The molecule has 0 bridgehead atoms. The minimum absolute atomic E-state index is 0.329. The third-order valence-corrected chi connectivity index (χ3v) is 2.45. The van der Waals surface area contributed by atoms with Crippen LogP contribution in [0.4, 0.5) is 8.78 Å². The van der Waals surface area contributed by atoms with Crippen molar-refractivity contribution in [2.24, 2.45) is 5.92 Å². The highest BCUT2D eigenvalue weighted by molar-refractivity contribution is 6.30. The molecule has 0 aliphatic carbocycles. The van der Waals surface area contributed by atoms with E-state index in [1.165, 1.54) is 6.92 Å². The van der Waals surface area contributed by atoms with Crippen molar-refractivity contribution in [3.05, 3.63) is 28.3 Å². The number of carbonyl (C=O) groups is 1. The van der Waals surface area contributed by atoms with Crippen molar-refractivity contribution >= 4 is 17.6 Å². The van der Waals surface area contributed by atoms with Crippen LogP contribution in [0.5, 0.6) is 5.75 Å². The summed E-state index contributed by atoms with van der Waals surface area (Å²) in [5.74, 6) is -5.07. The van der Waals surface area contributed by atoms with Crippen molar-refractivity contribution in [2.75, 3.05) is 0 Å². The summed E-state index contributed by atoms with van der Waals surface area (Å²) < 4.78 is 26.4. The molecule has 88 valence electrons. The summed E-state index contributed by atoms with van der Waals surface area (Å²) >= 11 is 5.38. The summed E-state index contributed by atoms with van der Waals surface area (Å²) in [6.07, 6.45) is -0.329. The van der Waals surface area contributed by atoms with Gasteiger partial charge in [0.1, 0.15) is 5.82 Å². The average molecular weight is 251 g/mol. The molecule has 0 aromatic heterocycles. The summed E-state index contributed by atoms with van der Waals surface area (Å²) in [6, 6.07) is 0.640. The zero-order chi connectivity index (χ0) is 12.5. The predicted octanol–water partition coefficient (Wildman–Crippen LogP) is 2.59. The Morgan fingerprint density at radius 2 is 2.12 bits per heavy atom. The number of aliphatic carboxylic acids is 1. The van der Waals surface area contributed by atoms with E-state index in [0.29, 0.717) is 6.07 Å². The SMILES string of the molecule is CC(Cc1c(O)c(F)cc(Cl)c1F)C(=O)O. The van der Waals surface area contributed by atoms with Crippen LogP contribution in [-0.4, -0.2) is 16.2 Å². The minimum Gasteiger partial charge on any atom is -0.505 e. The van der Waals surface area contributed by atoms with Gasteiger partial charge in [0.2, 0.25) is 0 Å². The number of halogens is 3. The molecule has 0 spiro atoms. The molecule has 0 fully saturated rings. The first kappa shape index (κ1) is 12.7. The number of aromatic hydroxyl groups is 1. The van der Waals surface area contributed by atoms with Crippen LogP contribution in [-0.2, 0) is 11.2 Å². The predicted molar refractivity (Wildman–Crippen MR) is 53.5 cm³/mol. The van der Waals surface area contributed by atoms with Crippen LogP contribution >= 0.6 is 11.6 Å². The van der Waals surface area contributed by atoms with Gasteiger partial charge in [-0.1, -0.05) is 18.5 Å². The monoisotopic (exact) mass is 250 g/mol. The van der Waals surface area contributed by atoms with Crippen molar-refractivity contribution in [3.8, 4) is 5.75 Å². The first-order valence-electron chi connectivity index (χ1n) is 4.42. The molecule has 1 rings (SSSR count). The Kier molecular flexibility index (Phi) is 3.70. The Balaban J connectivity index is 3.17. The standard InChI is InChI=1S/C10H9ClF2O3/c1-4(10(15)16)2-5-8(13)6(11)3-7(12)9(5)14/h3-4,14H,2H2,1H3,(H,15,16). The van der Waals surface area contributed by atoms with Gasteiger partial charge < -0.3 is 10.2 Å². The van der Waals surface area contributed by atoms with E-state index in [-0.39, 0.29) is 6.42 Å². The van der Waals surface area contributed by atoms with Gasteiger partial charge in [0, 0.05) is 5.56 Å². The third kappa shape index (κ3) is 2.41. The molecule has 3 nitrogen and oxygen atoms in total. The fourth-order valence-electron chi connectivity index (χ4n) is 1.22. The van der Waals surface area contributed by atoms with Gasteiger partial charge in [-0.3, -0.25) is 4.79 Å². The Hall–Kier alpha value is -1.36. The molecule has 16 heavy (non-hydrogen) atoms. The third-order valence-electron chi connectivity index (χ3n) is 2.17. The first-order valence-corrected chi connectivity index (χ1v) is 4.80. The summed E-state index contributed by atoms with van der Waals surface area (Å²) in [7, 11) is 0. The quantitative estimate of drug-likeness (QED) is 0.811. The lowest BCUT2D eigenvalue weighted by atomic mass is 10.00. The van der Waals surface area contributed by atoms with Gasteiger partial charge in [0.15, 0.2) is 11.6 Å². The van der Waals surface area contributed by atoms with Crippen LogP contribution in [0, 0.1) is 17.6 Å². The molecule has 2 N–H and O–H groups in total. The molecule has 1 atom stereocenters. The molecule has 0 aliphatic heterocycles. The molecule has 0 aliphatic rings. The van der Waals surface area contributed by atoms with E-state index in [1.807, 2.05) is 0 Å². The number of carboxylic acid groups (broad SMARTS) is 1. The van der Waals surface area contributed by atoms with Crippen molar-refractivity contribution in [3.63, 3.8) is 0 Å². The number of hydrogen-bond acceptors (Lipinski definition) is 2. The average Bonchev–Trinajstić information content (AvgIpc) is 2.21. The maximum atomic E-state index is 13.4. The van der Waals surface area contributed by atoms with Gasteiger partial charge >= 0.3 is 5.97 Å². The molecule has 0 saturated carbocycles. The number of rotatable bonds is 3. The maximum Gasteiger partial charge on any atom is 0.306 e. The van der Waals surface area contributed by atoms with Crippen LogP contribution in [0.2, 0.25) is 5.02 Å². The van der Waals surface area contributed by atoms with E-state index in [4.69, 9.17) is 16.7 Å². The van der Waals surface area contributed by atoms with Gasteiger partial charge in [-0.05, 0) is 12.5 Å². The van der Waals surface area contributed by atoms with Gasteiger partial charge in [-0.2, -0.15) is 0 Å². The highest BCUT2D eigenvalue weighted by atomic mass is 35.5. The number of hydrogen-bond donors (Lipinski definition) is 2. The van der Waals surface area contributed by atoms with E-state index in [9.17, 15) is 18.7 Å². The number of phenolic OH excluding ortho intramolecular Hbond substituents is 1. The molecule has 6 heteroatoms. The molecule has 0 heterocycles. The highest BCUT2D eigenvalue weighted by Gasteiger charge is 2.21. The van der Waals surface area contributed by atoms with E-state index in [1.54, 1.807) is 0 Å². The van der Waals surface area contributed by atoms with Crippen molar-refractivity contribution in [2.45, 2.75) is 13.3 Å². The topological polar surface area (TPSA) is 57.5 Å².